The van der Waals surface area contributed by atoms with E-state index in [0.29, 0.717) is 22.1 Å². The van der Waals surface area contributed by atoms with Crippen molar-refractivity contribution in [1.29, 1.82) is 0 Å². The number of amides is 2. The number of aryl methyl sites for hydroxylation is 1. The maximum atomic E-state index is 12.4. The number of anilines is 1. The van der Waals surface area contributed by atoms with Gasteiger partial charge in [0.1, 0.15) is 5.00 Å². The van der Waals surface area contributed by atoms with Gasteiger partial charge in [0.05, 0.1) is 19.8 Å². The summed E-state index contributed by atoms with van der Waals surface area (Å²) < 4.78 is 10.5. The summed E-state index contributed by atoms with van der Waals surface area (Å²) >= 11 is 1.45. The molecule has 0 spiro atoms. The van der Waals surface area contributed by atoms with E-state index >= 15 is 0 Å². The summed E-state index contributed by atoms with van der Waals surface area (Å²) in [6, 6.07) is 5.38. The smallest absolute Gasteiger partial charge is 0.251 e. The third-order valence-corrected chi connectivity index (χ3v) is 5.70. The Morgan fingerprint density at radius 1 is 1.15 bits per heavy atom. The van der Waals surface area contributed by atoms with E-state index in [-0.39, 0.29) is 5.91 Å². The molecule has 27 heavy (non-hydrogen) atoms. The molecule has 2 aromatic rings. The molecule has 0 saturated carbocycles. The summed E-state index contributed by atoms with van der Waals surface area (Å²) in [5, 5.41) is 3.34. The number of nitrogens with one attached hydrogen (secondary N) is 1. The number of benzene rings is 1. The van der Waals surface area contributed by atoms with Crippen molar-refractivity contribution in [3.63, 3.8) is 0 Å². The molecule has 0 radical (unpaired) electrons. The van der Waals surface area contributed by atoms with Crippen LogP contribution in [0.3, 0.4) is 0 Å². The molecule has 1 aromatic carbocycles. The molecule has 1 aliphatic carbocycles. The van der Waals surface area contributed by atoms with Crippen LogP contribution in [-0.4, -0.2) is 26.0 Å². The van der Waals surface area contributed by atoms with Gasteiger partial charge in [0.2, 0.25) is 5.91 Å². The number of fused-ring (bicyclic) bond motifs is 1. The summed E-state index contributed by atoms with van der Waals surface area (Å²) in [7, 11) is 3.12. The fourth-order valence-corrected chi connectivity index (χ4v) is 4.49. The number of methoxy groups -OCH3 is 2. The topological polar surface area (TPSA) is 90.6 Å². The van der Waals surface area contributed by atoms with Crippen molar-refractivity contribution in [3.05, 3.63) is 45.8 Å². The molecule has 1 heterocycles. The lowest BCUT2D eigenvalue weighted by molar-refractivity contribution is -0.111. The zero-order valence-corrected chi connectivity index (χ0v) is 16.2. The van der Waals surface area contributed by atoms with Crippen LogP contribution in [0.4, 0.5) is 5.00 Å². The maximum absolute atomic E-state index is 12.4. The Kier molecular flexibility index (Phi) is 5.81. The molecule has 0 aliphatic heterocycles. The highest BCUT2D eigenvalue weighted by molar-refractivity contribution is 7.17. The van der Waals surface area contributed by atoms with Crippen molar-refractivity contribution in [3.8, 4) is 11.5 Å². The minimum Gasteiger partial charge on any atom is -0.493 e. The molecule has 0 unspecified atom stereocenters. The monoisotopic (exact) mass is 386 g/mol. The first-order chi connectivity index (χ1) is 13.0. The van der Waals surface area contributed by atoms with E-state index in [9.17, 15) is 9.59 Å². The Morgan fingerprint density at radius 3 is 2.59 bits per heavy atom. The zero-order valence-electron chi connectivity index (χ0n) is 15.3. The second-order valence-electron chi connectivity index (χ2n) is 6.22. The van der Waals surface area contributed by atoms with E-state index in [1.165, 1.54) is 17.4 Å². The van der Waals surface area contributed by atoms with Crippen molar-refractivity contribution in [2.75, 3.05) is 19.5 Å². The van der Waals surface area contributed by atoms with Gasteiger partial charge in [-0.25, -0.2) is 0 Å². The first kappa shape index (κ1) is 19.0. The minimum atomic E-state index is -0.492. The first-order valence-electron chi connectivity index (χ1n) is 8.69. The number of carbonyl (C=O) groups is 2. The molecular weight excluding hydrogens is 364 g/mol. The van der Waals surface area contributed by atoms with E-state index in [0.717, 1.165) is 41.7 Å². The Hall–Kier alpha value is -2.80. The van der Waals surface area contributed by atoms with Crippen molar-refractivity contribution in [2.45, 2.75) is 25.7 Å². The second-order valence-corrected chi connectivity index (χ2v) is 7.32. The van der Waals surface area contributed by atoms with Crippen LogP contribution in [0.15, 0.2) is 24.3 Å². The number of nitrogens with two attached hydrogens (primary N) is 1. The third-order valence-electron chi connectivity index (χ3n) is 4.49. The Morgan fingerprint density at radius 2 is 1.89 bits per heavy atom. The summed E-state index contributed by atoms with van der Waals surface area (Å²) in [5.74, 6) is 0.399. The molecule has 6 nitrogen and oxygen atoms in total. The molecule has 0 saturated heterocycles. The Bertz CT molecular complexity index is 902. The molecule has 142 valence electrons. The molecule has 0 bridgehead atoms. The largest absolute Gasteiger partial charge is 0.493 e. The van der Waals surface area contributed by atoms with Crippen LogP contribution < -0.4 is 20.5 Å². The van der Waals surface area contributed by atoms with Gasteiger partial charge in [0, 0.05) is 11.0 Å². The van der Waals surface area contributed by atoms with Gasteiger partial charge in [0.25, 0.3) is 5.91 Å². The van der Waals surface area contributed by atoms with Gasteiger partial charge >= 0.3 is 0 Å². The fraction of sp³-hybridized carbons (Fsp3) is 0.300. The molecule has 1 aliphatic rings. The van der Waals surface area contributed by atoms with Gasteiger partial charge in [-0.1, -0.05) is 6.07 Å². The second kappa shape index (κ2) is 8.26. The van der Waals surface area contributed by atoms with E-state index < -0.39 is 5.91 Å². The van der Waals surface area contributed by atoms with Crippen LogP contribution in [0.5, 0.6) is 11.5 Å². The quantitative estimate of drug-likeness (QED) is 0.745. The highest BCUT2D eigenvalue weighted by atomic mass is 32.1. The van der Waals surface area contributed by atoms with Crippen molar-refractivity contribution < 1.29 is 19.1 Å². The van der Waals surface area contributed by atoms with Crippen LogP contribution in [0.1, 0.15) is 39.2 Å². The lowest BCUT2D eigenvalue weighted by atomic mass is 9.95. The number of ether oxygens (including phenoxy) is 2. The predicted molar refractivity (Wildman–Crippen MR) is 107 cm³/mol. The molecule has 3 N–H and O–H groups in total. The SMILES string of the molecule is COc1ccc(C=CC(=O)Nc2sc3c(c2C(N)=O)CCCC3)cc1OC. The summed E-state index contributed by atoms with van der Waals surface area (Å²) in [5.41, 5.74) is 7.81. The summed E-state index contributed by atoms with van der Waals surface area (Å²) in [6.45, 7) is 0. The lowest BCUT2D eigenvalue weighted by Crippen LogP contribution is -2.17. The number of rotatable bonds is 6. The van der Waals surface area contributed by atoms with E-state index in [2.05, 4.69) is 5.32 Å². The van der Waals surface area contributed by atoms with E-state index in [1.54, 1.807) is 32.4 Å². The zero-order chi connectivity index (χ0) is 19.4. The van der Waals surface area contributed by atoms with Gasteiger partial charge in [-0.15, -0.1) is 11.3 Å². The number of carbonyl (C=O) groups excluding carboxylic acids is 2. The standard InChI is InChI=1S/C20H22N2O4S/c1-25-14-9-7-12(11-15(14)26-2)8-10-17(23)22-20-18(19(21)24)13-5-3-4-6-16(13)27-20/h7-11H,3-6H2,1-2H3,(H2,21,24)(H,22,23). The van der Waals surface area contributed by atoms with E-state index in [1.807, 2.05) is 6.07 Å². The molecule has 0 fully saturated rings. The lowest BCUT2D eigenvalue weighted by Gasteiger charge is -2.11. The Labute approximate surface area is 162 Å². The van der Waals surface area contributed by atoms with Crippen LogP contribution in [0, 0.1) is 0 Å². The normalized spacial score (nSPS) is 13.3. The van der Waals surface area contributed by atoms with Gasteiger partial charge < -0.3 is 20.5 Å². The van der Waals surface area contributed by atoms with Crippen LogP contribution in [0.25, 0.3) is 6.08 Å². The van der Waals surface area contributed by atoms with Crippen LogP contribution >= 0.6 is 11.3 Å². The van der Waals surface area contributed by atoms with Crippen LogP contribution in [0.2, 0.25) is 0 Å². The van der Waals surface area contributed by atoms with E-state index in [4.69, 9.17) is 15.2 Å². The highest BCUT2D eigenvalue weighted by Crippen LogP contribution is 2.38. The van der Waals surface area contributed by atoms with Gasteiger partial charge in [-0.05, 0) is 55.0 Å². The first-order valence-corrected chi connectivity index (χ1v) is 9.50. The average Bonchev–Trinajstić information content (AvgIpc) is 3.03. The number of primary amides is 1. The fourth-order valence-electron chi connectivity index (χ4n) is 3.20. The summed E-state index contributed by atoms with van der Waals surface area (Å²) in [6.07, 6.45) is 6.99. The van der Waals surface area contributed by atoms with Crippen molar-refractivity contribution in [2.24, 2.45) is 5.73 Å². The summed E-state index contributed by atoms with van der Waals surface area (Å²) in [4.78, 5) is 25.4. The van der Waals surface area contributed by atoms with Gasteiger partial charge in [-0.3, -0.25) is 9.59 Å². The minimum absolute atomic E-state index is 0.314. The third kappa shape index (κ3) is 4.14. The predicted octanol–water partition coefficient (Wildman–Crippen LogP) is 3.39. The molecule has 0 atom stereocenters. The molecule has 3 rings (SSSR count). The maximum Gasteiger partial charge on any atom is 0.251 e. The molecule has 1 aromatic heterocycles. The van der Waals surface area contributed by atoms with Crippen LogP contribution in [-0.2, 0) is 17.6 Å². The Balaban J connectivity index is 1.77. The number of hydrogen-bond acceptors (Lipinski definition) is 5. The molecule has 7 heteroatoms. The highest BCUT2D eigenvalue weighted by Gasteiger charge is 2.24. The van der Waals surface area contributed by atoms with Gasteiger partial charge in [0.15, 0.2) is 11.5 Å². The van der Waals surface area contributed by atoms with Crippen molar-refractivity contribution in [1.82, 2.24) is 0 Å². The van der Waals surface area contributed by atoms with Crippen molar-refractivity contribution >= 4 is 34.2 Å². The number of hydrogen-bond donors (Lipinski definition) is 2. The van der Waals surface area contributed by atoms with Gasteiger partial charge in [-0.2, -0.15) is 0 Å². The molecular formula is C20H22N2O4S. The molecule has 2 amide bonds. The number of thiophene rings is 1. The average molecular weight is 386 g/mol.